The highest BCUT2D eigenvalue weighted by Gasteiger charge is 2.38. The first-order chi connectivity index (χ1) is 13.5. The fourth-order valence-corrected chi connectivity index (χ4v) is 3.46. The molecule has 5 nitrogen and oxygen atoms in total. The van der Waals surface area contributed by atoms with Crippen LogP contribution >= 0.6 is 23.2 Å². The van der Waals surface area contributed by atoms with E-state index in [1.165, 1.54) is 6.07 Å². The number of hydrogen-bond donors (Lipinski definition) is 1. The lowest BCUT2D eigenvalue weighted by Crippen LogP contribution is -2.29. The van der Waals surface area contributed by atoms with E-state index in [0.29, 0.717) is 5.69 Å². The normalized spacial score (nSPS) is 12.9. The van der Waals surface area contributed by atoms with Crippen LogP contribution in [0.2, 0.25) is 10.0 Å². The van der Waals surface area contributed by atoms with Crippen molar-refractivity contribution in [3.05, 3.63) is 93.5 Å². The minimum atomic E-state index is -0.528. The predicted molar refractivity (Wildman–Crippen MR) is 108 cm³/mol. The van der Waals surface area contributed by atoms with Crippen LogP contribution in [0, 0.1) is 0 Å². The van der Waals surface area contributed by atoms with Gasteiger partial charge in [0.05, 0.1) is 38.1 Å². The van der Waals surface area contributed by atoms with Crippen LogP contribution in [0.1, 0.15) is 31.1 Å². The monoisotopic (exact) mass is 410 g/mol. The van der Waals surface area contributed by atoms with E-state index in [4.69, 9.17) is 23.2 Å². The first-order valence-corrected chi connectivity index (χ1v) is 9.07. The molecule has 28 heavy (non-hydrogen) atoms. The maximum atomic E-state index is 13.0. The summed E-state index contributed by atoms with van der Waals surface area (Å²) < 4.78 is 0. The Balaban J connectivity index is 1.72. The van der Waals surface area contributed by atoms with E-state index in [1.54, 1.807) is 60.7 Å². The number of amides is 3. The van der Waals surface area contributed by atoms with Crippen molar-refractivity contribution in [2.75, 3.05) is 10.2 Å². The molecular weight excluding hydrogens is 399 g/mol. The van der Waals surface area contributed by atoms with Gasteiger partial charge in [-0.1, -0.05) is 53.5 Å². The van der Waals surface area contributed by atoms with Gasteiger partial charge in [-0.25, -0.2) is 4.90 Å². The number of carbonyl (C=O) groups excluding carboxylic acids is 3. The van der Waals surface area contributed by atoms with Gasteiger partial charge in [-0.15, -0.1) is 0 Å². The minimum Gasteiger partial charge on any atom is -0.321 e. The van der Waals surface area contributed by atoms with Gasteiger partial charge in [-0.05, 0) is 36.4 Å². The topological polar surface area (TPSA) is 66.5 Å². The zero-order chi connectivity index (χ0) is 19.8. The van der Waals surface area contributed by atoms with Crippen molar-refractivity contribution in [1.82, 2.24) is 0 Å². The molecule has 4 rings (SSSR count). The first kappa shape index (κ1) is 18.2. The number of fused-ring (bicyclic) bond motifs is 1. The fourth-order valence-electron chi connectivity index (χ4n) is 3.07. The summed E-state index contributed by atoms with van der Waals surface area (Å²) in [5, 5.41) is 3.03. The summed E-state index contributed by atoms with van der Waals surface area (Å²) in [4.78, 5) is 39.5. The summed E-state index contributed by atoms with van der Waals surface area (Å²) in [6, 6.07) is 18.0. The number of carbonyl (C=O) groups is 3. The van der Waals surface area contributed by atoms with Gasteiger partial charge in [0.2, 0.25) is 0 Å². The molecule has 0 aliphatic carbocycles. The van der Waals surface area contributed by atoms with Crippen LogP contribution < -0.4 is 10.2 Å². The van der Waals surface area contributed by atoms with Crippen molar-refractivity contribution in [2.24, 2.45) is 0 Å². The van der Waals surface area contributed by atoms with E-state index in [2.05, 4.69) is 5.32 Å². The standard InChI is InChI=1S/C21H12Cl2N2O3/c22-15-10-4-9-14(18(15)23)19(26)24-16-11-5-8-13-17(16)21(28)25(20(13)27)12-6-2-1-3-7-12/h1-11H,(H,24,26). The van der Waals surface area contributed by atoms with E-state index in [0.717, 1.165) is 4.90 Å². The number of rotatable bonds is 3. The number of nitrogens with one attached hydrogen (secondary N) is 1. The Hall–Kier alpha value is -3.15. The molecule has 0 radical (unpaired) electrons. The number of para-hydroxylation sites is 1. The van der Waals surface area contributed by atoms with Gasteiger partial charge in [-0.2, -0.15) is 0 Å². The molecule has 138 valence electrons. The summed E-state index contributed by atoms with van der Waals surface area (Å²) in [5.41, 5.74) is 1.23. The molecule has 7 heteroatoms. The Morgan fingerprint density at radius 3 is 2.29 bits per heavy atom. The van der Waals surface area contributed by atoms with E-state index < -0.39 is 17.7 Å². The van der Waals surface area contributed by atoms with Crippen LogP contribution in [0.4, 0.5) is 11.4 Å². The molecule has 1 heterocycles. The summed E-state index contributed by atoms with van der Waals surface area (Å²) >= 11 is 12.1. The van der Waals surface area contributed by atoms with Gasteiger partial charge in [0.15, 0.2) is 0 Å². The number of hydrogen-bond acceptors (Lipinski definition) is 3. The summed E-state index contributed by atoms with van der Waals surface area (Å²) in [5.74, 6) is -1.47. The Labute approximate surface area is 170 Å². The maximum Gasteiger partial charge on any atom is 0.268 e. The zero-order valence-corrected chi connectivity index (χ0v) is 15.8. The van der Waals surface area contributed by atoms with Crippen molar-refractivity contribution in [2.45, 2.75) is 0 Å². The molecule has 0 unspecified atom stereocenters. The van der Waals surface area contributed by atoms with Crippen molar-refractivity contribution in [3.8, 4) is 0 Å². The van der Waals surface area contributed by atoms with E-state index >= 15 is 0 Å². The number of halogens is 2. The van der Waals surface area contributed by atoms with E-state index in [9.17, 15) is 14.4 Å². The molecule has 0 saturated heterocycles. The number of anilines is 2. The first-order valence-electron chi connectivity index (χ1n) is 8.31. The summed E-state index contributed by atoms with van der Waals surface area (Å²) in [6.45, 7) is 0. The highest BCUT2D eigenvalue weighted by molar-refractivity contribution is 6.44. The zero-order valence-electron chi connectivity index (χ0n) is 14.3. The third-order valence-electron chi connectivity index (χ3n) is 4.37. The van der Waals surface area contributed by atoms with E-state index in [-0.39, 0.29) is 32.4 Å². The van der Waals surface area contributed by atoms with Gasteiger partial charge >= 0.3 is 0 Å². The lowest BCUT2D eigenvalue weighted by Gasteiger charge is -2.14. The molecule has 0 saturated carbocycles. The van der Waals surface area contributed by atoms with E-state index in [1.807, 2.05) is 0 Å². The van der Waals surface area contributed by atoms with Gasteiger partial charge in [0.25, 0.3) is 17.7 Å². The van der Waals surface area contributed by atoms with Crippen LogP contribution in [0.15, 0.2) is 66.7 Å². The molecule has 1 aliphatic heterocycles. The SMILES string of the molecule is O=C(Nc1cccc2c1C(=O)N(c1ccccc1)C2=O)c1cccc(Cl)c1Cl. The molecular formula is C21H12Cl2N2O3. The maximum absolute atomic E-state index is 13.0. The number of nitrogens with zero attached hydrogens (tertiary/aromatic N) is 1. The van der Waals surface area contributed by atoms with Crippen molar-refractivity contribution in [1.29, 1.82) is 0 Å². The molecule has 1 aliphatic rings. The Morgan fingerprint density at radius 1 is 0.821 bits per heavy atom. The average molecular weight is 411 g/mol. The van der Waals surface area contributed by atoms with Gasteiger partial charge in [-0.3, -0.25) is 14.4 Å². The molecule has 3 aromatic carbocycles. The van der Waals surface area contributed by atoms with Crippen molar-refractivity contribution >= 4 is 52.3 Å². The molecule has 0 atom stereocenters. The molecule has 0 fully saturated rings. The molecule has 0 bridgehead atoms. The van der Waals surface area contributed by atoms with Crippen LogP contribution in [0.25, 0.3) is 0 Å². The molecule has 3 amide bonds. The Bertz CT molecular complexity index is 1130. The number of imide groups is 1. The average Bonchev–Trinajstić information content (AvgIpc) is 2.96. The highest BCUT2D eigenvalue weighted by atomic mass is 35.5. The lowest BCUT2D eigenvalue weighted by atomic mass is 10.1. The third kappa shape index (κ3) is 2.95. The highest BCUT2D eigenvalue weighted by Crippen LogP contribution is 2.33. The fraction of sp³-hybridized carbons (Fsp3) is 0. The van der Waals surface area contributed by atoms with Crippen molar-refractivity contribution < 1.29 is 14.4 Å². The van der Waals surface area contributed by atoms with Crippen LogP contribution in [-0.2, 0) is 0 Å². The second kappa shape index (κ2) is 7.11. The second-order valence-corrected chi connectivity index (χ2v) is 6.85. The Morgan fingerprint density at radius 2 is 1.54 bits per heavy atom. The predicted octanol–water partition coefficient (Wildman–Crippen LogP) is 5.05. The van der Waals surface area contributed by atoms with Crippen LogP contribution in [0.5, 0.6) is 0 Å². The van der Waals surface area contributed by atoms with Gasteiger partial charge in [0, 0.05) is 0 Å². The minimum absolute atomic E-state index is 0.113. The quantitative estimate of drug-likeness (QED) is 0.614. The molecule has 0 aromatic heterocycles. The largest absolute Gasteiger partial charge is 0.321 e. The second-order valence-electron chi connectivity index (χ2n) is 6.06. The van der Waals surface area contributed by atoms with Crippen LogP contribution in [-0.4, -0.2) is 17.7 Å². The van der Waals surface area contributed by atoms with Crippen molar-refractivity contribution in [3.63, 3.8) is 0 Å². The van der Waals surface area contributed by atoms with Crippen LogP contribution in [0.3, 0.4) is 0 Å². The summed E-state index contributed by atoms with van der Waals surface area (Å²) in [6.07, 6.45) is 0. The van der Waals surface area contributed by atoms with Gasteiger partial charge < -0.3 is 5.32 Å². The Kier molecular flexibility index (Phi) is 4.63. The molecule has 3 aromatic rings. The number of benzene rings is 3. The third-order valence-corrected chi connectivity index (χ3v) is 5.19. The molecule has 1 N–H and O–H groups in total. The smallest absolute Gasteiger partial charge is 0.268 e. The summed E-state index contributed by atoms with van der Waals surface area (Å²) in [7, 11) is 0. The lowest BCUT2D eigenvalue weighted by molar-refractivity contribution is 0.0926. The molecule has 0 spiro atoms. The van der Waals surface area contributed by atoms with Gasteiger partial charge in [0.1, 0.15) is 0 Å².